The molecule has 1 saturated heterocycles. The number of aromatic nitrogens is 2. The second kappa shape index (κ2) is 13.1. The molecule has 1 aliphatic heterocycles. The molecule has 14 heteroatoms. The Hall–Kier alpha value is -3.17. The minimum atomic E-state index is -3.50. The summed E-state index contributed by atoms with van der Waals surface area (Å²) in [4.78, 5) is 28.4. The summed E-state index contributed by atoms with van der Waals surface area (Å²) in [5.41, 5.74) is 0.949. The molecule has 2 aromatic heterocycles. The minimum absolute atomic E-state index is 0.0262. The van der Waals surface area contributed by atoms with E-state index in [0.717, 1.165) is 0 Å². The summed E-state index contributed by atoms with van der Waals surface area (Å²) in [6, 6.07) is 9.43. The number of benzene rings is 1. The molecule has 3 heterocycles. The molecule has 0 bridgehead atoms. The topological polar surface area (TPSA) is 161 Å². The average Bonchev–Trinajstić information content (AvgIpc) is 3.57. The quantitative estimate of drug-likeness (QED) is 0.159. The first-order valence-electron chi connectivity index (χ1n) is 12.0. The number of methoxy groups -OCH3 is 1. The van der Waals surface area contributed by atoms with E-state index in [4.69, 9.17) is 19.4 Å². The highest BCUT2D eigenvalue weighted by Gasteiger charge is 2.22. The fourth-order valence-electron chi connectivity index (χ4n) is 3.59. The largest absolute Gasteiger partial charge is 0.395 e. The lowest BCUT2D eigenvalue weighted by atomic mass is 10.1. The summed E-state index contributed by atoms with van der Waals surface area (Å²) >= 11 is 1.18. The number of hydrogen-bond acceptors (Lipinski definition) is 12. The highest BCUT2D eigenvalue weighted by atomic mass is 32.2. The maximum atomic E-state index is 13.3. The third-order valence-electron chi connectivity index (χ3n) is 5.54. The monoisotopic (exact) mass is 563 g/mol. The molecule has 0 saturated carbocycles. The van der Waals surface area contributed by atoms with Gasteiger partial charge in [-0.25, -0.2) is 18.4 Å². The molecule has 1 aliphatic rings. The zero-order chi connectivity index (χ0) is 27.0. The van der Waals surface area contributed by atoms with Crippen LogP contribution in [-0.4, -0.2) is 87.1 Å². The normalized spacial score (nSPS) is 16.1. The number of hydrogen-bond donors (Lipinski definition) is 3. The first-order valence-corrected chi connectivity index (χ1v) is 14.4. The molecule has 12 nitrogen and oxygen atoms in total. The number of oxime groups is 1. The van der Waals surface area contributed by atoms with E-state index >= 15 is 0 Å². The summed E-state index contributed by atoms with van der Waals surface area (Å²) in [5, 5.41) is 19.1. The molecule has 0 radical (unpaired) electrons. The molecule has 0 unspecified atom stereocenters. The molecule has 3 aromatic rings. The van der Waals surface area contributed by atoms with Gasteiger partial charge in [0.05, 0.1) is 30.5 Å². The molecule has 1 fully saturated rings. The summed E-state index contributed by atoms with van der Waals surface area (Å²) in [5.74, 6) is -0.0352. The maximum Gasteiger partial charge on any atom is 0.280 e. The second-order valence-electron chi connectivity index (χ2n) is 8.36. The molecule has 38 heavy (non-hydrogen) atoms. The number of rotatable bonds is 13. The Balaban J connectivity index is 1.54. The number of aliphatic hydroxyl groups is 1. The number of anilines is 2. The van der Waals surface area contributed by atoms with E-state index in [9.17, 15) is 13.2 Å². The van der Waals surface area contributed by atoms with Gasteiger partial charge in [-0.1, -0.05) is 28.6 Å². The zero-order valence-corrected chi connectivity index (χ0v) is 22.4. The van der Waals surface area contributed by atoms with Crippen molar-refractivity contribution in [1.29, 1.82) is 0 Å². The van der Waals surface area contributed by atoms with Crippen LogP contribution in [0.1, 0.15) is 18.4 Å². The van der Waals surface area contributed by atoms with Gasteiger partial charge >= 0.3 is 0 Å². The van der Waals surface area contributed by atoms with Crippen LogP contribution >= 0.6 is 11.3 Å². The van der Waals surface area contributed by atoms with Crippen molar-refractivity contribution in [3.63, 3.8) is 0 Å². The average molecular weight is 564 g/mol. The van der Waals surface area contributed by atoms with Gasteiger partial charge in [-0.2, -0.15) is 0 Å². The molecule has 1 atom stereocenters. The summed E-state index contributed by atoms with van der Waals surface area (Å²) in [7, 11) is -1.98. The Bertz CT molecular complexity index is 1370. The summed E-state index contributed by atoms with van der Waals surface area (Å²) in [6.45, 7) is 1.60. The van der Waals surface area contributed by atoms with Crippen LogP contribution < -0.4 is 10.6 Å². The number of sulfone groups is 1. The molecule has 3 N–H and O–H groups in total. The Labute approximate surface area is 223 Å². The first-order chi connectivity index (χ1) is 18.4. The highest BCUT2D eigenvalue weighted by Crippen LogP contribution is 2.26. The van der Waals surface area contributed by atoms with E-state index in [1.165, 1.54) is 42.7 Å². The molecule has 4 rings (SSSR count). The Morgan fingerprint density at radius 2 is 2.05 bits per heavy atom. The molecule has 1 amide bonds. The Kier molecular flexibility index (Phi) is 9.58. The number of thiazole rings is 1. The zero-order valence-electron chi connectivity index (χ0n) is 20.8. The van der Waals surface area contributed by atoms with E-state index in [1.807, 2.05) is 0 Å². The number of nitrogens with one attached hydrogen (secondary N) is 2. The summed E-state index contributed by atoms with van der Waals surface area (Å²) < 4.78 is 35.4. The van der Waals surface area contributed by atoms with Crippen molar-refractivity contribution < 1.29 is 32.6 Å². The van der Waals surface area contributed by atoms with E-state index in [0.29, 0.717) is 66.1 Å². The Morgan fingerprint density at radius 1 is 1.24 bits per heavy atom. The molecule has 204 valence electrons. The highest BCUT2D eigenvalue weighted by molar-refractivity contribution is 7.91. The van der Waals surface area contributed by atoms with Gasteiger partial charge < -0.3 is 24.7 Å². The van der Waals surface area contributed by atoms with Crippen molar-refractivity contribution in [3.05, 3.63) is 42.0 Å². The lowest BCUT2D eigenvalue weighted by Crippen LogP contribution is -2.25. The number of carbonyl (C=O) groups excluding carboxylic acids is 1. The van der Waals surface area contributed by atoms with Crippen LogP contribution in [0.5, 0.6) is 0 Å². The van der Waals surface area contributed by atoms with Gasteiger partial charge in [-0.15, -0.1) is 0 Å². The van der Waals surface area contributed by atoms with Crippen LogP contribution in [0.25, 0.3) is 10.3 Å². The van der Waals surface area contributed by atoms with E-state index in [2.05, 4.69) is 25.8 Å². The number of amides is 1. The minimum Gasteiger partial charge on any atom is -0.395 e. The third kappa shape index (κ3) is 7.23. The maximum absolute atomic E-state index is 13.3. The SMILES string of the molecule is COCCCS(=O)(=O)c1ccc(/C(=N\O[C@@H]2CCOC2)C(=O)Nc2nc3ccc(NCCO)nc3s2)cc1. The van der Waals surface area contributed by atoms with Gasteiger partial charge in [0.25, 0.3) is 5.91 Å². The predicted molar refractivity (Wildman–Crippen MR) is 143 cm³/mol. The van der Waals surface area contributed by atoms with Gasteiger partial charge in [-0.3, -0.25) is 10.1 Å². The number of fused-ring (bicyclic) bond motifs is 1. The van der Waals surface area contributed by atoms with Crippen molar-refractivity contribution >= 4 is 54.1 Å². The first kappa shape index (κ1) is 27.9. The van der Waals surface area contributed by atoms with Gasteiger partial charge in [0.15, 0.2) is 26.8 Å². The van der Waals surface area contributed by atoms with Crippen LogP contribution in [0, 0.1) is 0 Å². The number of pyridine rings is 1. The second-order valence-corrected chi connectivity index (χ2v) is 11.5. The number of carbonyl (C=O) groups is 1. The summed E-state index contributed by atoms with van der Waals surface area (Å²) in [6.07, 6.45) is 0.741. The van der Waals surface area contributed by atoms with E-state index in [1.54, 1.807) is 12.1 Å². The molecule has 0 spiro atoms. The fourth-order valence-corrected chi connectivity index (χ4v) is 5.71. The number of aliphatic hydroxyl groups excluding tert-OH is 1. The number of nitrogens with zero attached hydrogens (tertiary/aromatic N) is 3. The predicted octanol–water partition coefficient (Wildman–Crippen LogP) is 2.05. The van der Waals surface area contributed by atoms with Crippen molar-refractivity contribution in [2.75, 3.05) is 56.5 Å². The molecular formula is C24H29N5O7S2. The van der Waals surface area contributed by atoms with Crippen LogP contribution in [0.2, 0.25) is 0 Å². The number of ether oxygens (including phenoxy) is 2. The van der Waals surface area contributed by atoms with Gasteiger partial charge in [0.2, 0.25) is 0 Å². The van der Waals surface area contributed by atoms with Crippen molar-refractivity contribution in [1.82, 2.24) is 9.97 Å². The fraction of sp³-hybridized carbons (Fsp3) is 0.417. The lowest BCUT2D eigenvalue weighted by Gasteiger charge is -2.10. The van der Waals surface area contributed by atoms with Crippen molar-refractivity contribution in [2.24, 2.45) is 5.16 Å². The van der Waals surface area contributed by atoms with Crippen LogP contribution in [0.3, 0.4) is 0 Å². The van der Waals surface area contributed by atoms with Gasteiger partial charge in [0, 0.05) is 32.2 Å². The standard InChI is InChI=1S/C24H29N5O7S2/c1-34-12-2-14-38(32,33)18-5-3-16(4-6-18)21(29-36-17-9-13-35-15-17)22(31)28-24-26-19-7-8-20(25-10-11-30)27-23(19)37-24/h3-8,17,30H,2,9-15H2,1H3,(H,25,27)(H,26,28,31)/b29-21+/t17-/m1/s1. The van der Waals surface area contributed by atoms with Crippen LogP contribution in [0.15, 0.2) is 46.4 Å². The van der Waals surface area contributed by atoms with Crippen LogP contribution in [-0.2, 0) is 28.9 Å². The van der Waals surface area contributed by atoms with Gasteiger partial charge in [0.1, 0.15) is 16.2 Å². The lowest BCUT2D eigenvalue weighted by molar-refractivity contribution is -0.110. The molecular weight excluding hydrogens is 534 g/mol. The van der Waals surface area contributed by atoms with E-state index in [-0.39, 0.29) is 29.1 Å². The van der Waals surface area contributed by atoms with Crippen LogP contribution in [0.4, 0.5) is 10.9 Å². The van der Waals surface area contributed by atoms with Gasteiger partial charge in [-0.05, 0) is 30.7 Å². The molecule has 1 aromatic carbocycles. The van der Waals surface area contributed by atoms with Crippen molar-refractivity contribution in [3.8, 4) is 0 Å². The van der Waals surface area contributed by atoms with Crippen molar-refractivity contribution in [2.45, 2.75) is 23.8 Å². The van der Waals surface area contributed by atoms with E-state index < -0.39 is 15.7 Å². The smallest absolute Gasteiger partial charge is 0.280 e. The Morgan fingerprint density at radius 3 is 2.76 bits per heavy atom. The molecule has 0 aliphatic carbocycles. The third-order valence-corrected chi connectivity index (χ3v) is 8.24.